The molecule has 1 aromatic carbocycles. The molecular weight excluding hydrogens is 184 g/mol. The molecule has 1 heterocycles. The second-order valence-corrected chi connectivity index (χ2v) is 3.28. The highest BCUT2D eigenvalue weighted by molar-refractivity contribution is 6.31. The van der Waals surface area contributed by atoms with Gasteiger partial charge in [0.15, 0.2) is 0 Å². The van der Waals surface area contributed by atoms with Crippen LogP contribution in [0.4, 0.5) is 0 Å². The van der Waals surface area contributed by atoms with Gasteiger partial charge in [0.1, 0.15) is 5.82 Å². The molecule has 0 amide bonds. The average molecular weight is 193 g/mol. The Kier molecular flexibility index (Phi) is 1.85. The van der Waals surface area contributed by atoms with Crippen molar-refractivity contribution in [2.45, 2.75) is 6.92 Å². The van der Waals surface area contributed by atoms with Crippen molar-refractivity contribution in [1.29, 1.82) is 0 Å². The van der Waals surface area contributed by atoms with Crippen LogP contribution in [0.1, 0.15) is 5.82 Å². The molecule has 0 spiro atoms. The molecule has 0 unspecified atom stereocenters. The standard InChI is InChI=1S/C10H9ClN2/c1-3-13-7(2)12-9-5-4-8(11)6-10(9)13/h3-6H,1H2,2H3. The van der Waals surface area contributed by atoms with Gasteiger partial charge in [0.2, 0.25) is 0 Å². The molecule has 0 N–H and O–H groups in total. The summed E-state index contributed by atoms with van der Waals surface area (Å²) in [6.45, 7) is 5.66. The maximum absolute atomic E-state index is 5.88. The Morgan fingerprint density at radius 2 is 2.31 bits per heavy atom. The molecule has 0 radical (unpaired) electrons. The number of benzene rings is 1. The van der Waals surface area contributed by atoms with Gasteiger partial charge in [-0.3, -0.25) is 0 Å². The molecule has 66 valence electrons. The number of halogens is 1. The van der Waals surface area contributed by atoms with Crippen molar-refractivity contribution in [3.8, 4) is 0 Å². The number of hydrogen-bond acceptors (Lipinski definition) is 1. The second-order valence-electron chi connectivity index (χ2n) is 2.84. The largest absolute Gasteiger partial charge is 0.304 e. The van der Waals surface area contributed by atoms with E-state index in [1.165, 1.54) is 0 Å². The van der Waals surface area contributed by atoms with Crippen LogP contribution < -0.4 is 0 Å². The fourth-order valence-electron chi connectivity index (χ4n) is 1.42. The van der Waals surface area contributed by atoms with E-state index in [1.54, 1.807) is 6.20 Å². The van der Waals surface area contributed by atoms with Gasteiger partial charge >= 0.3 is 0 Å². The van der Waals surface area contributed by atoms with E-state index in [1.807, 2.05) is 29.7 Å². The van der Waals surface area contributed by atoms with Crippen molar-refractivity contribution in [1.82, 2.24) is 9.55 Å². The minimum Gasteiger partial charge on any atom is -0.304 e. The fraction of sp³-hybridized carbons (Fsp3) is 0.100. The zero-order valence-corrected chi connectivity index (χ0v) is 8.04. The minimum absolute atomic E-state index is 0.718. The Morgan fingerprint density at radius 3 is 3.00 bits per heavy atom. The molecule has 2 rings (SSSR count). The SMILES string of the molecule is C=Cn1c(C)nc2ccc(Cl)cc21. The Morgan fingerprint density at radius 1 is 1.54 bits per heavy atom. The zero-order chi connectivity index (χ0) is 9.42. The smallest absolute Gasteiger partial charge is 0.110 e. The van der Waals surface area contributed by atoms with Crippen LogP contribution in [-0.2, 0) is 0 Å². The van der Waals surface area contributed by atoms with Crippen LogP contribution in [0.25, 0.3) is 17.2 Å². The highest BCUT2D eigenvalue weighted by Gasteiger charge is 2.04. The summed E-state index contributed by atoms with van der Waals surface area (Å²) in [5.74, 6) is 0.923. The third-order valence-corrected chi connectivity index (χ3v) is 2.25. The molecule has 0 saturated heterocycles. The molecule has 0 saturated carbocycles. The Balaban J connectivity index is 2.88. The summed E-state index contributed by atoms with van der Waals surface area (Å²) in [6.07, 6.45) is 1.74. The summed E-state index contributed by atoms with van der Waals surface area (Å²) < 4.78 is 1.92. The summed E-state index contributed by atoms with van der Waals surface area (Å²) in [7, 11) is 0. The fourth-order valence-corrected chi connectivity index (χ4v) is 1.58. The highest BCUT2D eigenvalue weighted by Crippen LogP contribution is 2.20. The third kappa shape index (κ3) is 1.23. The van der Waals surface area contributed by atoms with Gasteiger partial charge in [-0.05, 0) is 25.1 Å². The first-order valence-electron chi connectivity index (χ1n) is 3.99. The first kappa shape index (κ1) is 8.32. The predicted molar refractivity (Wildman–Crippen MR) is 55.9 cm³/mol. The molecule has 3 heteroatoms. The van der Waals surface area contributed by atoms with E-state index >= 15 is 0 Å². The molecule has 0 aliphatic rings. The van der Waals surface area contributed by atoms with E-state index in [0.717, 1.165) is 21.9 Å². The lowest BCUT2D eigenvalue weighted by molar-refractivity contribution is 1.06. The molecule has 1 aromatic heterocycles. The number of aryl methyl sites for hydroxylation is 1. The van der Waals surface area contributed by atoms with Crippen molar-refractivity contribution >= 4 is 28.8 Å². The minimum atomic E-state index is 0.718. The van der Waals surface area contributed by atoms with Gasteiger partial charge in [0.25, 0.3) is 0 Å². The monoisotopic (exact) mass is 192 g/mol. The Bertz CT molecular complexity index is 471. The third-order valence-electron chi connectivity index (χ3n) is 2.01. The van der Waals surface area contributed by atoms with Gasteiger partial charge in [-0.1, -0.05) is 18.2 Å². The summed E-state index contributed by atoms with van der Waals surface area (Å²) >= 11 is 5.88. The van der Waals surface area contributed by atoms with Crippen LogP contribution in [0, 0.1) is 6.92 Å². The average Bonchev–Trinajstić information content (AvgIpc) is 2.40. The molecular formula is C10H9ClN2. The number of fused-ring (bicyclic) bond motifs is 1. The van der Waals surface area contributed by atoms with E-state index in [0.29, 0.717) is 0 Å². The van der Waals surface area contributed by atoms with Gasteiger partial charge in [-0.2, -0.15) is 0 Å². The van der Waals surface area contributed by atoms with E-state index in [4.69, 9.17) is 11.6 Å². The number of imidazole rings is 1. The van der Waals surface area contributed by atoms with E-state index < -0.39 is 0 Å². The van der Waals surface area contributed by atoms with Crippen LogP contribution in [0.15, 0.2) is 24.8 Å². The van der Waals surface area contributed by atoms with Gasteiger partial charge < -0.3 is 4.57 Å². The molecule has 0 aliphatic carbocycles. The van der Waals surface area contributed by atoms with Crippen LogP contribution in [-0.4, -0.2) is 9.55 Å². The van der Waals surface area contributed by atoms with Crippen LogP contribution in [0.3, 0.4) is 0 Å². The van der Waals surface area contributed by atoms with Gasteiger partial charge in [-0.25, -0.2) is 4.98 Å². The quantitative estimate of drug-likeness (QED) is 0.679. The molecule has 2 nitrogen and oxygen atoms in total. The molecule has 2 aromatic rings. The predicted octanol–water partition coefficient (Wildman–Crippen LogP) is 3.10. The zero-order valence-electron chi connectivity index (χ0n) is 7.29. The van der Waals surface area contributed by atoms with E-state index in [9.17, 15) is 0 Å². The Hall–Kier alpha value is -1.28. The second kappa shape index (κ2) is 2.89. The lowest BCUT2D eigenvalue weighted by Crippen LogP contribution is -1.87. The van der Waals surface area contributed by atoms with Gasteiger partial charge in [0, 0.05) is 11.2 Å². The topological polar surface area (TPSA) is 17.8 Å². The first-order chi connectivity index (χ1) is 6.22. The number of rotatable bonds is 1. The van der Waals surface area contributed by atoms with Crippen molar-refractivity contribution < 1.29 is 0 Å². The summed E-state index contributed by atoms with van der Waals surface area (Å²) in [6, 6.07) is 5.63. The summed E-state index contributed by atoms with van der Waals surface area (Å²) in [5.41, 5.74) is 1.95. The first-order valence-corrected chi connectivity index (χ1v) is 4.37. The van der Waals surface area contributed by atoms with Crippen LogP contribution in [0.5, 0.6) is 0 Å². The van der Waals surface area contributed by atoms with E-state index in [2.05, 4.69) is 11.6 Å². The normalized spacial score (nSPS) is 10.6. The lowest BCUT2D eigenvalue weighted by Gasteiger charge is -1.97. The van der Waals surface area contributed by atoms with Crippen LogP contribution >= 0.6 is 11.6 Å². The maximum Gasteiger partial charge on any atom is 0.110 e. The van der Waals surface area contributed by atoms with Crippen molar-refractivity contribution in [2.24, 2.45) is 0 Å². The molecule has 0 fully saturated rings. The van der Waals surface area contributed by atoms with Crippen molar-refractivity contribution in [3.05, 3.63) is 35.6 Å². The van der Waals surface area contributed by atoms with Crippen LogP contribution in [0.2, 0.25) is 5.02 Å². The maximum atomic E-state index is 5.88. The van der Waals surface area contributed by atoms with Crippen molar-refractivity contribution in [3.63, 3.8) is 0 Å². The molecule has 0 aliphatic heterocycles. The molecule has 13 heavy (non-hydrogen) atoms. The number of nitrogens with zero attached hydrogens (tertiary/aromatic N) is 2. The number of hydrogen-bond donors (Lipinski definition) is 0. The van der Waals surface area contributed by atoms with Gasteiger partial charge in [0.05, 0.1) is 11.0 Å². The summed E-state index contributed by atoms with van der Waals surface area (Å²) in [4.78, 5) is 4.36. The lowest BCUT2D eigenvalue weighted by atomic mass is 10.3. The summed E-state index contributed by atoms with van der Waals surface area (Å²) in [5, 5.41) is 0.718. The van der Waals surface area contributed by atoms with Crippen molar-refractivity contribution in [2.75, 3.05) is 0 Å². The highest BCUT2D eigenvalue weighted by atomic mass is 35.5. The molecule has 0 bridgehead atoms. The number of aromatic nitrogens is 2. The molecule has 0 atom stereocenters. The van der Waals surface area contributed by atoms with Gasteiger partial charge in [-0.15, -0.1) is 0 Å². The Labute approximate surface area is 81.5 Å². The van der Waals surface area contributed by atoms with E-state index in [-0.39, 0.29) is 0 Å².